The van der Waals surface area contributed by atoms with Crippen LogP contribution in [0.15, 0.2) is 97.2 Å². The second-order valence-electron chi connectivity index (χ2n) is 12.9. The van der Waals surface area contributed by atoms with Crippen molar-refractivity contribution in [2.24, 2.45) is 5.92 Å². The molecule has 0 unspecified atom stereocenters. The van der Waals surface area contributed by atoms with Crippen molar-refractivity contribution in [1.82, 2.24) is 14.5 Å². The normalized spacial score (nSPS) is 14.6. The van der Waals surface area contributed by atoms with Crippen LogP contribution in [-0.4, -0.2) is 14.5 Å². The summed E-state index contributed by atoms with van der Waals surface area (Å²) in [7, 11) is 0. The van der Waals surface area contributed by atoms with Crippen LogP contribution >= 0.6 is 11.3 Å². The van der Waals surface area contributed by atoms with E-state index in [1.807, 2.05) is 32.0 Å². The molecule has 0 N–H and O–H groups in total. The molecule has 5 heteroatoms. The van der Waals surface area contributed by atoms with E-state index in [-0.39, 0.29) is 37.2 Å². The van der Waals surface area contributed by atoms with Gasteiger partial charge in [0.1, 0.15) is 0 Å². The molecular formula is C44H45IrN3S-2. The van der Waals surface area contributed by atoms with Gasteiger partial charge in [-0.25, -0.2) is 0 Å². The van der Waals surface area contributed by atoms with Gasteiger partial charge in [-0.2, -0.15) is 0 Å². The first-order chi connectivity index (χ1) is 26.3. The largest absolute Gasteiger partial charge is 0.333 e. The monoisotopic (exact) mass is 848 g/mol. The van der Waals surface area contributed by atoms with Gasteiger partial charge in [0.2, 0.25) is 0 Å². The summed E-state index contributed by atoms with van der Waals surface area (Å²) in [5.41, 5.74) is 9.10. The zero-order valence-corrected chi connectivity index (χ0v) is 31.8. The van der Waals surface area contributed by atoms with Gasteiger partial charge < -0.3 is 9.55 Å². The van der Waals surface area contributed by atoms with E-state index in [1.165, 1.54) is 41.2 Å². The van der Waals surface area contributed by atoms with Crippen LogP contribution in [0, 0.1) is 31.1 Å². The Hall–Kier alpha value is -3.89. The molecule has 3 nitrogen and oxygen atoms in total. The van der Waals surface area contributed by atoms with Crippen LogP contribution in [0.5, 0.6) is 0 Å². The van der Waals surface area contributed by atoms with Gasteiger partial charge in [-0.1, -0.05) is 124 Å². The summed E-state index contributed by atoms with van der Waals surface area (Å²) in [6.45, 7) is 8.51. The first kappa shape index (κ1) is 26.9. The van der Waals surface area contributed by atoms with Crippen LogP contribution in [0.3, 0.4) is 0 Å². The minimum absolute atomic E-state index is 0. The average molecular weight is 848 g/mol. The van der Waals surface area contributed by atoms with Crippen LogP contribution < -0.4 is 0 Å². The van der Waals surface area contributed by atoms with Crippen molar-refractivity contribution in [3.05, 3.63) is 136 Å². The van der Waals surface area contributed by atoms with Crippen molar-refractivity contribution in [2.75, 3.05) is 0 Å². The first-order valence-electron chi connectivity index (χ1n) is 20.3. The third kappa shape index (κ3) is 7.96. The van der Waals surface area contributed by atoms with Gasteiger partial charge in [0, 0.05) is 43.0 Å². The van der Waals surface area contributed by atoms with Crippen molar-refractivity contribution >= 4 is 32.5 Å². The minimum Gasteiger partial charge on any atom is -0.333 e. The number of rotatable bonds is 7. The van der Waals surface area contributed by atoms with Gasteiger partial charge in [0.25, 0.3) is 0 Å². The SMILES string of the molecule is [2H]C([2H])([2H])c1c[c-]c(-c2ccc(C([2H])([2H])[2H])cn2)cc1.[2H]C([2H])(c1ccc2c(-c3nc4ccccc4n3-c3c(C(C)C)cccc3C(C)C)[c-]sc2c1)C(C)C.[Ir]. The van der Waals surface area contributed by atoms with Crippen molar-refractivity contribution in [2.45, 2.75) is 73.5 Å². The second-order valence-corrected chi connectivity index (χ2v) is 13.7. The van der Waals surface area contributed by atoms with Gasteiger partial charge in [0.15, 0.2) is 0 Å². The fourth-order valence-electron chi connectivity index (χ4n) is 5.89. The molecule has 7 aromatic rings. The third-order valence-electron chi connectivity index (χ3n) is 8.17. The number of nitrogens with zero attached hydrogens (tertiary/aromatic N) is 3. The van der Waals surface area contributed by atoms with Gasteiger partial charge in [-0.3, -0.25) is 16.3 Å². The van der Waals surface area contributed by atoms with Crippen LogP contribution in [0.25, 0.3) is 49.5 Å². The molecule has 0 amide bonds. The first-order valence-corrected chi connectivity index (χ1v) is 17.2. The molecular weight excluding hydrogens is 795 g/mol. The Morgan fingerprint density at radius 3 is 2.20 bits per heavy atom. The van der Waals surface area contributed by atoms with Crippen LogP contribution in [0.1, 0.15) is 92.2 Å². The van der Waals surface area contributed by atoms with E-state index in [0.29, 0.717) is 28.7 Å². The Kier molecular flexibility index (Phi) is 8.66. The van der Waals surface area contributed by atoms with Crippen molar-refractivity contribution in [3.63, 3.8) is 0 Å². The molecule has 0 atom stereocenters. The van der Waals surface area contributed by atoms with E-state index in [1.54, 1.807) is 23.5 Å². The smallest absolute Gasteiger partial charge is 0.0774 e. The maximum atomic E-state index is 8.56. The third-order valence-corrected chi connectivity index (χ3v) is 9.04. The molecule has 253 valence electrons. The molecule has 0 aliphatic rings. The fourth-order valence-corrected chi connectivity index (χ4v) is 6.77. The summed E-state index contributed by atoms with van der Waals surface area (Å²) >= 11 is 1.54. The number of benzene rings is 4. The molecule has 0 fully saturated rings. The van der Waals surface area contributed by atoms with Gasteiger partial charge in [-0.05, 0) is 65.5 Å². The standard InChI is InChI=1S/C31H33N2S.C13H12N.Ir/c1-19(2)16-22-14-15-25-26(18-34-29(25)17-22)31-32-27-12-7-8-13-28(27)33(31)30-23(20(3)4)10-9-11-24(30)21(5)6;1-10-3-6-12(7-4-10)13-8-5-11(2)9-14-13;/h7-15,17,19-21H,16H2,1-6H3;3-6,8-9H,1-2H3;/q2*-1;/i16D2;1D3,2D3;. The van der Waals surface area contributed by atoms with Crippen molar-refractivity contribution in [1.29, 1.82) is 0 Å². The van der Waals surface area contributed by atoms with Gasteiger partial charge >= 0.3 is 0 Å². The number of pyridine rings is 1. The molecule has 4 aromatic carbocycles. The predicted octanol–water partition coefficient (Wildman–Crippen LogP) is 12.3. The molecule has 0 bridgehead atoms. The second kappa shape index (κ2) is 15.8. The maximum absolute atomic E-state index is 8.56. The number of aromatic nitrogens is 3. The topological polar surface area (TPSA) is 30.7 Å². The molecule has 0 spiro atoms. The van der Waals surface area contributed by atoms with Crippen LogP contribution in [0.2, 0.25) is 0 Å². The van der Waals surface area contributed by atoms with Crippen molar-refractivity contribution < 1.29 is 31.1 Å². The van der Waals surface area contributed by atoms with Crippen LogP contribution in [0.4, 0.5) is 0 Å². The Bertz CT molecular complexity index is 2380. The predicted molar refractivity (Wildman–Crippen MR) is 205 cm³/mol. The number of aryl methyl sites for hydroxylation is 2. The zero-order valence-electron chi connectivity index (χ0n) is 36.6. The minimum atomic E-state index is -2.18. The summed E-state index contributed by atoms with van der Waals surface area (Å²) in [4.78, 5) is 9.22. The van der Waals surface area contributed by atoms with Crippen molar-refractivity contribution in [3.8, 4) is 28.3 Å². The zero-order chi connectivity index (χ0) is 40.7. The number of hydrogen-bond donors (Lipinski definition) is 0. The number of para-hydroxylation sites is 3. The quantitative estimate of drug-likeness (QED) is 0.150. The average Bonchev–Trinajstić information content (AvgIpc) is 3.75. The summed E-state index contributed by atoms with van der Waals surface area (Å²) in [5, 5.41) is 4.61. The molecule has 1 radical (unpaired) electrons. The molecule has 0 saturated heterocycles. The molecule has 7 rings (SSSR count). The van der Waals surface area contributed by atoms with Crippen LogP contribution in [-0.2, 0) is 26.5 Å². The Morgan fingerprint density at radius 1 is 0.837 bits per heavy atom. The summed E-state index contributed by atoms with van der Waals surface area (Å²) in [6.07, 6.45) is -0.0816. The Balaban J connectivity index is 0.000000251. The summed E-state index contributed by atoms with van der Waals surface area (Å²) < 4.78 is 64.1. The van der Waals surface area contributed by atoms with Gasteiger partial charge in [0.05, 0.1) is 16.9 Å². The Labute approximate surface area is 321 Å². The number of hydrogen-bond acceptors (Lipinski definition) is 3. The van der Waals surface area contributed by atoms with E-state index in [4.69, 9.17) is 16.0 Å². The molecule has 49 heavy (non-hydrogen) atoms. The summed E-state index contributed by atoms with van der Waals surface area (Å²) in [6, 6.07) is 31.4. The van der Waals surface area contributed by atoms with E-state index in [9.17, 15) is 0 Å². The van der Waals surface area contributed by atoms with E-state index in [2.05, 4.69) is 91.2 Å². The summed E-state index contributed by atoms with van der Waals surface area (Å²) in [5.74, 6) is 1.50. The van der Waals surface area contributed by atoms with Gasteiger partial charge in [-0.15, -0.1) is 46.8 Å². The number of fused-ring (bicyclic) bond motifs is 2. The molecule has 3 aromatic heterocycles. The fraction of sp³-hybridized carbons (Fsp3) is 0.273. The molecule has 0 saturated carbocycles. The molecule has 0 aliphatic heterocycles. The van der Waals surface area contributed by atoms with E-state index in [0.717, 1.165) is 32.5 Å². The van der Waals surface area contributed by atoms with E-state index < -0.39 is 20.1 Å². The molecule has 3 heterocycles. The number of imidazole rings is 1. The number of thiophene rings is 1. The molecule has 0 aliphatic carbocycles. The Morgan fingerprint density at radius 2 is 1.57 bits per heavy atom. The maximum Gasteiger partial charge on any atom is 0.0774 e. The van der Waals surface area contributed by atoms with E-state index >= 15 is 0 Å².